The molecule has 0 aliphatic heterocycles. The van der Waals surface area contributed by atoms with Crippen molar-refractivity contribution in [2.24, 2.45) is 0 Å². The van der Waals surface area contributed by atoms with Gasteiger partial charge in [-0.25, -0.2) is 4.39 Å². The van der Waals surface area contributed by atoms with Crippen molar-refractivity contribution in [3.63, 3.8) is 0 Å². The van der Waals surface area contributed by atoms with E-state index in [0.717, 1.165) is 6.07 Å². The molecule has 0 bridgehead atoms. The van der Waals surface area contributed by atoms with Crippen LogP contribution in [0.5, 0.6) is 0 Å². The van der Waals surface area contributed by atoms with Crippen LogP contribution in [0.2, 0.25) is 0 Å². The lowest BCUT2D eigenvalue weighted by atomic mass is 10.0. The van der Waals surface area contributed by atoms with Crippen LogP contribution in [0, 0.1) is 12.7 Å². The van der Waals surface area contributed by atoms with E-state index in [1.165, 1.54) is 6.92 Å². The molecule has 0 atom stereocenters. The highest BCUT2D eigenvalue weighted by atomic mass is 19.4. The Morgan fingerprint density at radius 1 is 1.29 bits per heavy atom. The predicted molar refractivity (Wildman–Crippen MR) is 41.5 cm³/mol. The van der Waals surface area contributed by atoms with Gasteiger partial charge in [0.2, 0.25) is 0 Å². The Labute approximate surface area is 77.3 Å². The zero-order valence-electron chi connectivity index (χ0n) is 7.15. The summed E-state index contributed by atoms with van der Waals surface area (Å²) in [6.07, 6.45) is -4.41. The molecule has 0 aliphatic rings. The molecule has 0 spiro atoms. The Balaban J connectivity index is 3.36. The number of rotatable bonds is 1. The van der Waals surface area contributed by atoms with Gasteiger partial charge in [-0.2, -0.15) is 13.2 Å². The van der Waals surface area contributed by atoms with Crippen LogP contribution in [0.4, 0.5) is 17.6 Å². The summed E-state index contributed by atoms with van der Waals surface area (Å²) in [4.78, 5) is 10.2. The Morgan fingerprint density at radius 3 is 2.29 bits per heavy atom. The highest BCUT2D eigenvalue weighted by molar-refractivity contribution is 5.75. The first-order valence-corrected chi connectivity index (χ1v) is 3.69. The first-order valence-electron chi connectivity index (χ1n) is 3.69. The SMILES string of the molecule is Cc1cc(C=O)c(F)cc1C(F)(F)F. The zero-order valence-corrected chi connectivity index (χ0v) is 7.15. The third-order valence-corrected chi connectivity index (χ3v) is 1.78. The molecule has 0 amide bonds. The van der Waals surface area contributed by atoms with Crippen molar-refractivity contribution >= 4 is 6.29 Å². The molecular weight excluding hydrogens is 200 g/mol. The molecule has 0 aromatic heterocycles. The van der Waals surface area contributed by atoms with Crippen molar-refractivity contribution in [3.05, 3.63) is 34.6 Å². The van der Waals surface area contributed by atoms with Crippen LogP contribution in [0.1, 0.15) is 21.5 Å². The van der Waals surface area contributed by atoms with Gasteiger partial charge >= 0.3 is 6.18 Å². The molecule has 14 heavy (non-hydrogen) atoms. The van der Waals surface area contributed by atoms with Gasteiger partial charge in [0.1, 0.15) is 5.82 Å². The molecule has 1 nitrogen and oxygen atoms in total. The standard InChI is InChI=1S/C9H6F4O/c1-5-2-6(4-14)8(10)3-7(5)9(11,12)13/h2-4H,1H3. The number of hydrogen-bond acceptors (Lipinski definition) is 1. The van der Waals surface area contributed by atoms with Crippen molar-refractivity contribution in [1.29, 1.82) is 0 Å². The maximum absolute atomic E-state index is 12.8. The summed E-state index contributed by atoms with van der Waals surface area (Å²) in [6.45, 7) is 1.18. The molecule has 1 aromatic carbocycles. The Hall–Kier alpha value is -1.39. The molecule has 0 radical (unpaired) electrons. The van der Waals surface area contributed by atoms with E-state index in [4.69, 9.17) is 0 Å². The van der Waals surface area contributed by atoms with Crippen LogP contribution < -0.4 is 0 Å². The van der Waals surface area contributed by atoms with Gasteiger partial charge in [-0.15, -0.1) is 0 Å². The van der Waals surface area contributed by atoms with E-state index >= 15 is 0 Å². The minimum atomic E-state index is -4.59. The molecule has 0 unspecified atom stereocenters. The van der Waals surface area contributed by atoms with Gasteiger partial charge < -0.3 is 0 Å². The highest BCUT2D eigenvalue weighted by Gasteiger charge is 2.33. The van der Waals surface area contributed by atoms with Gasteiger partial charge in [-0.1, -0.05) is 0 Å². The number of carbonyl (C=O) groups is 1. The summed E-state index contributed by atoms with van der Waals surface area (Å²) < 4.78 is 49.5. The van der Waals surface area contributed by atoms with Crippen molar-refractivity contribution in [1.82, 2.24) is 0 Å². The van der Waals surface area contributed by atoms with E-state index in [2.05, 4.69) is 0 Å². The van der Waals surface area contributed by atoms with Crippen LogP contribution in [0.15, 0.2) is 12.1 Å². The number of aryl methyl sites for hydroxylation is 1. The van der Waals surface area contributed by atoms with Crippen LogP contribution in [-0.2, 0) is 6.18 Å². The number of halogens is 4. The van der Waals surface area contributed by atoms with Gasteiger partial charge in [-0.05, 0) is 24.6 Å². The number of alkyl halides is 3. The summed E-state index contributed by atoms with van der Waals surface area (Å²) in [5.41, 5.74) is -1.59. The molecule has 0 N–H and O–H groups in total. The van der Waals surface area contributed by atoms with Gasteiger partial charge in [0, 0.05) is 0 Å². The van der Waals surface area contributed by atoms with Crippen molar-refractivity contribution in [3.8, 4) is 0 Å². The second kappa shape index (κ2) is 3.40. The fourth-order valence-electron chi connectivity index (χ4n) is 1.10. The van der Waals surface area contributed by atoms with Gasteiger partial charge in [0.05, 0.1) is 11.1 Å². The van der Waals surface area contributed by atoms with Gasteiger partial charge in [0.15, 0.2) is 6.29 Å². The molecule has 0 saturated heterocycles. The molecule has 5 heteroatoms. The minimum absolute atomic E-state index is 0.166. The van der Waals surface area contributed by atoms with Crippen molar-refractivity contribution < 1.29 is 22.4 Å². The van der Waals surface area contributed by atoms with Crippen molar-refractivity contribution in [2.75, 3.05) is 0 Å². The second-order valence-electron chi connectivity index (χ2n) is 2.80. The summed E-state index contributed by atoms with van der Waals surface area (Å²) in [6, 6.07) is 1.21. The number of hydrogen-bond donors (Lipinski definition) is 0. The van der Waals surface area contributed by atoms with Crippen molar-refractivity contribution in [2.45, 2.75) is 13.1 Å². The van der Waals surface area contributed by atoms with E-state index in [1.807, 2.05) is 0 Å². The lowest BCUT2D eigenvalue weighted by molar-refractivity contribution is -0.138. The average molecular weight is 206 g/mol. The summed E-state index contributed by atoms with van der Waals surface area (Å²) in [5.74, 6) is -1.15. The molecule has 1 aromatic rings. The first-order chi connectivity index (χ1) is 6.36. The van der Waals surface area contributed by atoms with E-state index in [-0.39, 0.29) is 17.4 Å². The largest absolute Gasteiger partial charge is 0.416 e. The molecule has 0 saturated carbocycles. The molecule has 1 rings (SSSR count). The summed E-state index contributed by atoms with van der Waals surface area (Å²) in [7, 11) is 0. The minimum Gasteiger partial charge on any atom is -0.298 e. The molecular formula is C9H6F4O. The van der Waals surface area contributed by atoms with Gasteiger partial charge in [0.25, 0.3) is 0 Å². The smallest absolute Gasteiger partial charge is 0.298 e. The molecule has 0 heterocycles. The quantitative estimate of drug-likeness (QED) is 0.510. The second-order valence-corrected chi connectivity index (χ2v) is 2.80. The average Bonchev–Trinajstić information content (AvgIpc) is 2.06. The number of benzene rings is 1. The maximum atomic E-state index is 12.8. The lowest BCUT2D eigenvalue weighted by Gasteiger charge is -2.10. The summed E-state index contributed by atoms with van der Waals surface area (Å²) >= 11 is 0. The maximum Gasteiger partial charge on any atom is 0.416 e. The van der Waals surface area contributed by atoms with Crippen LogP contribution in [0.3, 0.4) is 0 Å². The predicted octanol–water partition coefficient (Wildman–Crippen LogP) is 2.97. The first kappa shape index (κ1) is 10.7. The Kier molecular flexibility index (Phi) is 2.59. The topological polar surface area (TPSA) is 17.1 Å². The molecule has 0 fully saturated rings. The fourth-order valence-corrected chi connectivity index (χ4v) is 1.10. The van der Waals surface area contributed by atoms with Crippen LogP contribution in [-0.4, -0.2) is 6.29 Å². The number of carbonyl (C=O) groups excluding carboxylic acids is 1. The zero-order chi connectivity index (χ0) is 10.9. The third kappa shape index (κ3) is 1.92. The lowest BCUT2D eigenvalue weighted by Crippen LogP contribution is -2.09. The van der Waals surface area contributed by atoms with Crippen LogP contribution >= 0.6 is 0 Å². The highest BCUT2D eigenvalue weighted by Crippen LogP contribution is 2.32. The van der Waals surface area contributed by atoms with E-state index < -0.39 is 17.6 Å². The fraction of sp³-hybridized carbons (Fsp3) is 0.222. The summed E-state index contributed by atoms with van der Waals surface area (Å²) in [5, 5.41) is 0. The normalized spacial score (nSPS) is 11.5. The molecule has 0 aliphatic carbocycles. The van der Waals surface area contributed by atoms with E-state index in [0.29, 0.717) is 6.07 Å². The Bertz CT molecular complexity index is 368. The van der Waals surface area contributed by atoms with Gasteiger partial charge in [-0.3, -0.25) is 4.79 Å². The van der Waals surface area contributed by atoms with E-state index in [1.54, 1.807) is 0 Å². The monoisotopic (exact) mass is 206 g/mol. The molecule has 76 valence electrons. The van der Waals surface area contributed by atoms with E-state index in [9.17, 15) is 22.4 Å². The third-order valence-electron chi connectivity index (χ3n) is 1.78. The number of aldehydes is 1. The van der Waals surface area contributed by atoms with Crippen LogP contribution in [0.25, 0.3) is 0 Å². The Morgan fingerprint density at radius 2 is 1.86 bits per heavy atom.